The van der Waals surface area contributed by atoms with E-state index in [0.717, 1.165) is 29.7 Å². The average Bonchev–Trinajstić information content (AvgIpc) is 3.27. The zero-order chi connectivity index (χ0) is 22.5. The van der Waals surface area contributed by atoms with Crippen molar-refractivity contribution in [3.63, 3.8) is 0 Å². The summed E-state index contributed by atoms with van der Waals surface area (Å²) in [7, 11) is 0. The van der Waals surface area contributed by atoms with E-state index in [1.165, 1.54) is 29.0 Å². The van der Waals surface area contributed by atoms with Crippen LogP contribution in [0.4, 0.5) is 5.69 Å². The highest BCUT2D eigenvalue weighted by molar-refractivity contribution is 9.10. The first-order valence-corrected chi connectivity index (χ1v) is 11.9. The van der Waals surface area contributed by atoms with Gasteiger partial charge >= 0.3 is 0 Å². The molecule has 7 nitrogen and oxygen atoms in total. The lowest BCUT2D eigenvalue weighted by Crippen LogP contribution is -2.48. The summed E-state index contributed by atoms with van der Waals surface area (Å²) < 4.78 is 6.77. The van der Waals surface area contributed by atoms with Gasteiger partial charge in [-0.25, -0.2) is 0 Å². The predicted molar refractivity (Wildman–Crippen MR) is 127 cm³/mol. The normalized spacial score (nSPS) is 14.3. The van der Waals surface area contributed by atoms with Gasteiger partial charge < -0.3 is 9.64 Å². The lowest BCUT2D eigenvalue weighted by molar-refractivity contribution is -0.384. The molecule has 1 amide bonds. The van der Waals surface area contributed by atoms with Gasteiger partial charge in [-0.05, 0) is 41.3 Å². The number of hydrogen-bond acceptors (Lipinski definition) is 6. The van der Waals surface area contributed by atoms with Gasteiger partial charge in [0.15, 0.2) is 0 Å². The van der Waals surface area contributed by atoms with Crippen LogP contribution in [0.15, 0.2) is 64.5 Å². The van der Waals surface area contributed by atoms with Crippen molar-refractivity contribution in [2.75, 3.05) is 26.2 Å². The molecule has 0 radical (unpaired) electrons. The predicted octanol–water partition coefficient (Wildman–Crippen LogP) is 4.96. The molecule has 0 atom stereocenters. The number of hydrogen-bond donors (Lipinski definition) is 0. The van der Waals surface area contributed by atoms with Crippen molar-refractivity contribution in [1.29, 1.82) is 0 Å². The van der Waals surface area contributed by atoms with Crippen molar-refractivity contribution in [2.45, 2.75) is 13.2 Å². The monoisotopic (exact) mass is 515 g/mol. The van der Waals surface area contributed by atoms with Crippen LogP contribution in [0.3, 0.4) is 0 Å². The van der Waals surface area contributed by atoms with Crippen LogP contribution >= 0.6 is 27.3 Å². The molecule has 0 saturated carbocycles. The Bertz CT molecular complexity index is 1090. The molecule has 1 aromatic heterocycles. The van der Waals surface area contributed by atoms with Gasteiger partial charge in [0.05, 0.1) is 9.80 Å². The maximum Gasteiger partial charge on any atom is 0.269 e. The van der Waals surface area contributed by atoms with E-state index >= 15 is 0 Å². The molecule has 1 fully saturated rings. The van der Waals surface area contributed by atoms with Gasteiger partial charge in [0.1, 0.15) is 12.4 Å². The largest absolute Gasteiger partial charge is 0.489 e. The molecule has 3 aromatic rings. The minimum Gasteiger partial charge on any atom is -0.489 e. The third kappa shape index (κ3) is 5.73. The van der Waals surface area contributed by atoms with Crippen molar-refractivity contribution < 1.29 is 14.5 Å². The summed E-state index contributed by atoms with van der Waals surface area (Å²) in [6.45, 7) is 4.30. The molecule has 32 heavy (non-hydrogen) atoms. The molecular formula is C23H22BrN3O4S. The zero-order valence-electron chi connectivity index (χ0n) is 17.3. The quantitative estimate of drug-likeness (QED) is 0.328. The molecule has 2 heterocycles. The Morgan fingerprint density at radius 3 is 2.50 bits per heavy atom. The summed E-state index contributed by atoms with van der Waals surface area (Å²) in [6.07, 6.45) is 0. The SMILES string of the molecule is O=C(c1cc(COc2ccc([N+](=O)[O-])cc2)cs1)N1CCN(Cc2cccc(Br)c2)CC1. The van der Waals surface area contributed by atoms with Crippen LogP contribution < -0.4 is 4.74 Å². The molecule has 2 aromatic carbocycles. The van der Waals surface area contributed by atoms with E-state index in [0.29, 0.717) is 30.3 Å². The first-order valence-electron chi connectivity index (χ1n) is 10.2. The summed E-state index contributed by atoms with van der Waals surface area (Å²) >= 11 is 4.93. The number of rotatable bonds is 7. The van der Waals surface area contributed by atoms with Crippen molar-refractivity contribution in [3.8, 4) is 5.75 Å². The van der Waals surface area contributed by atoms with Crippen LogP contribution in [-0.4, -0.2) is 46.8 Å². The number of carbonyl (C=O) groups is 1. The van der Waals surface area contributed by atoms with E-state index in [2.05, 4.69) is 33.0 Å². The van der Waals surface area contributed by atoms with Gasteiger partial charge in [-0.1, -0.05) is 28.1 Å². The van der Waals surface area contributed by atoms with Crippen LogP contribution in [0, 0.1) is 10.1 Å². The summed E-state index contributed by atoms with van der Waals surface area (Å²) in [6, 6.07) is 16.1. The van der Waals surface area contributed by atoms with E-state index in [1.54, 1.807) is 12.1 Å². The second kappa shape index (κ2) is 10.2. The summed E-state index contributed by atoms with van der Waals surface area (Å²) in [4.78, 5) is 28.2. The van der Waals surface area contributed by atoms with E-state index in [-0.39, 0.29) is 11.6 Å². The van der Waals surface area contributed by atoms with Crippen molar-refractivity contribution >= 4 is 38.9 Å². The van der Waals surface area contributed by atoms with Gasteiger partial charge in [0.2, 0.25) is 0 Å². The molecule has 1 aliphatic rings. The number of piperazine rings is 1. The third-order valence-electron chi connectivity index (χ3n) is 5.27. The summed E-state index contributed by atoms with van der Waals surface area (Å²) in [5.41, 5.74) is 2.19. The second-order valence-electron chi connectivity index (χ2n) is 7.56. The van der Waals surface area contributed by atoms with Gasteiger partial charge in [0.25, 0.3) is 11.6 Å². The fourth-order valence-corrected chi connectivity index (χ4v) is 4.86. The molecule has 0 bridgehead atoms. The summed E-state index contributed by atoms with van der Waals surface area (Å²) in [5, 5.41) is 12.6. The molecule has 0 spiro atoms. The van der Waals surface area contributed by atoms with Gasteiger partial charge in [-0.15, -0.1) is 11.3 Å². The number of nitro benzene ring substituents is 1. The number of carbonyl (C=O) groups excluding carboxylic acids is 1. The number of non-ortho nitro benzene ring substituents is 1. The Kier molecular flexibility index (Phi) is 7.19. The van der Waals surface area contributed by atoms with Gasteiger partial charge in [0, 0.05) is 54.9 Å². The fraction of sp³-hybridized carbons (Fsp3) is 0.261. The second-order valence-corrected chi connectivity index (χ2v) is 9.38. The van der Waals surface area contributed by atoms with Crippen molar-refractivity contribution in [2.24, 2.45) is 0 Å². The van der Waals surface area contributed by atoms with Crippen LogP contribution in [0.2, 0.25) is 0 Å². The minimum atomic E-state index is -0.443. The van der Waals surface area contributed by atoms with E-state index < -0.39 is 4.92 Å². The third-order valence-corrected chi connectivity index (χ3v) is 6.73. The van der Waals surface area contributed by atoms with Gasteiger partial charge in [-0.2, -0.15) is 0 Å². The Balaban J connectivity index is 1.27. The smallest absolute Gasteiger partial charge is 0.269 e. The zero-order valence-corrected chi connectivity index (χ0v) is 19.7. The fourth-order valence-electron chi connectivity index (χ4n) is 3.55. The Morgan fingerprint density at radius 2 is 1.81 bits per heavy atom. The number of amides is 1. The average molecular weight is 516 g/mol. The molecule has 1 aliphatic heterocycles. The number of benzene rings is 2. The van der Waals surface area contributed by atoms with E-state index in [1.807, 2.05) is 28.5 Å². The highest BCUT2D eigenvalue weighted by atomic mass is 79.9. The number of thiophene rings is 1. The lowest BCUT2D eigenvalue weighted by atomic mass is 10.2. The molecule has 0 N–H and O–H groups in total. The molecular weight excluding hydrogens is 494 g/mol. The molecule has 0 unspecified atom stereocenters. The molecule has 1 saturated heterocycles. The highest BCUT2D eigenvalue weighted by Gasteiger charge is 2.23. The number of halogens is 1. The maximum absolute atomic E-state index is 12.9. The van der Waals surface area contributed by atoms with Gasteiger partial charge in [-0.3, -0.25) is 19.8 Å². The molecule has 4 rings (SSSR count). The topological polar surface area (TPSA) is 75.9 Å². The summed E-state index contributed by atoms with van der Waals surface area (Å²) in [5.74, 6) is 0.606. The molecule has 166 valence electrons. The first-order chi connectivity index (χ1) is 15.5. The number of ether oxygens (including phenoxy) is 1. The standard InChI is InChI=1S/C23H22BrN3O4S/c24-19-3-1-2-17(12-19)14-25-8-10-26(11-9-25)23(28)22-13-18(16-32-22)15-31-21-6-4-20(5-7-21)27(29)30/h1-7,12-13,16H,8-11,14-15H2. The van der Waals surface area contributed by atoms with Crippen molar-refractivity contribution in [3.05, 3.63) is 90.6 Å². The Morgan fingerprint density at radius 1 is 1.06 bits per heavy atom. The number of nitrogens with zero attached hydrogens (tertiary/aromatic N) is 3. The van der Waals surface area contributed by atoms with Crippen LogP contribution in [0.5, 0.6) is 5.75 Å². The maximum atomic E-state index is 12.9. The van der Waals surface area contributed by atoms with Crippen LogP contribution in [0.25, 0.3) is 0 Å². The lowest BCUT2D eigenvalue weighted by Gasteiger charge is -2.34. The molecule has 0 aliphatic carbocycles. The highest BCUT2D eigenvalue weighted by Crippen LogP contribution is 2.22. The first kappa shape index (κ1) is 22.4. The van der Waals surface area contributed by atoms with Crippen molar-refractivity contribution in [1.82, 2.24) is 9.80 Å². The number of nitro groups is 1. The van der Waals surface area contributed by atoms with E-state index in [4.69, 9.17) is 4.74 Å². The van der Waals surface area contributed by atoms with Crippen LogP contribution in [-0.2, 0) is 13.2 Å². The molecule has 9 heteroatoms. The minimum absolute atomic E-state index is 0.0255. The Hall–Kier alpha value is -2.75. The Labute approximate surface area is 198 Å². The van der Waals surface area contributed by atoms with Crippen LogP contribution in [0.1, 0.15) is 20.8 Å². The van der Waals surface area contributed by atoms with E-state index in [9.17, 15) is 14.9 Å².